The minimum absolute atomic E-state index is 0.482. The van der Waals surface area contributed by atoms with Gasteiger partial charge in [0.2, 0.25) is 0 Å². The van der Waals surface area contributed by atoms with E-state index in [1.807, 2.05) is 30.3 Å². The molecule has 0 bridgehead atoms. The van der Waals surface area contributed by atoms with Gasteiger partial charge in [-0.1, -0.05) is 11.6 Å². The lowest BCUT2D eigenvalue weighted by molar-refractivity contribution is 0.772. The van der Waals surface area contributed by atoms with Gasteiger partial charge >= 0.3 is 0 Å². The van der Waals surface area contributed by atoms with Crippen LogP contribution in [0.5, 0.6) is 0 Å². The predicted molar refractivity (Wildman–Crippen MR) is 81.0 cm³/mol. The highest BCUT2D eigenvalue weighted by atomic mass is 35.5. The van der Waals surface area contributed by atoms with Crippen LogP contribution in [-0.2, 0) is 0 Å². The lowest BCUT2D eigenvalue weighted by atomic mass is 10.2. The molecular formula is C16H11ClN4. The van der Waals surface area contributed by atoms with E-state index in [-0.39, 0.29) is 0 Å². The standard InChI is InChI=1S/C16H11ClN4/c17-11-2-5-13(19-9-11)16-20-14-7-10(8-18)1-6-15(14)21(16)12-3-4-12/h1-2,5-7,9,12H,3-4H2. The molecule has 1 fully saturated rings. The van der Waals surface area contributed by atoms with Gasteiger partial charge in [-0.05, 0) is 43.2 Å². The Morgan fingerprint density at radius 3 is 2.76 bits per heavy atom. The largest absolute Gasteiger partial charge is 0.320 e. The molecule has 0 saturated heterocycles. The van der Waals surface area contributed by atoms with Gasteiger partial charge in [0, 0.05) is 12.2 Å². The summed E-state index contributed by atoms with van der Waals surface area (Å²) in [4.78, 5) is 9.07. The third kappa shape index (κ3) is 2.07. The molecular weight excluding hydrogens is 284 g/mol. The minimum atomic E-state index is 0.482. The van der Waals surface area contributed by atoms with E-state index in [0.29, 0.717) is 16.6 Å². The number of hydrogen-bond acceptors (Lipinski definition) is 3. The van der Waals surface area contributed by atoms with E-state index in [1.165, 1.54) is 0 Å². The Bertz CT molecular complexity index is 870. The number of hydrogen-bond donors (Lipinski definition) is 0. The number of pyridine rings is 1. The van der Waals surface area contributed by atoms with Gasteiger partial charge in [-0.2, -0.15) is 5.26 Å². The van der Waals surface area contributed by atoms with Crippen LogP contribution < -0.4 is 0 Å². The summed E-state index contributed by atoms with van der Waals surface area (Å²) in [6.45, 7) is 0. The van der Waals surface area contributed by atoms with Crippen LogP contribution in [0, 0.1) is 11.3 Å². The summed E-state index contributed by atoms with van der Waals surface area (Å²) in [5.74, 6) is 0.847. The van der Waals surface area contributed by atoms with Crippen molar-refractivity contribution >= 4 is 22.6 Å². The topological polar surface area (TPSA) is 54.5 Å². The van der Waals surface area contributed by atoms with E-state index < -0.39 is 0 Å². The highest BCUT2D eigenvalue weighted by Crippen LogP contribution is 2.41. The molecule has 0 spiro atoms. The van der Waals surface area contributed by atoms with Crippen molar-refractivity contribution in [3.8, 4) is 17.6 Å². The second-order valence-electron chi connectivity index (χ2n) is 5.21. The van der Waals surface area contributed by atoms with Gasteiger partial charge in [-0.15, -0.1) is 0 Å². The Kier molecular flexibility index (Phi) is 2.69. The zero-order chi connectivity index (χ0) is 14.4. The fourth-order valence-electron chi connectivity index (χ4n) is 2.56. The molecule has 2 aromatic heterocycles. The normalized spacial score (nSPS) is 14.3. The zero-order valence-electron chi connectivity index (χ0n) is 11.1. The molecule has 5 heteroatoms. The second-order valence-corrected chi connectivity index (χ2v) is 5.65. The molecule has 2 heterocycles. The molecule has 102 valence electrons. The number of nitriles is 1. The van der Waals surface area contributed by atoms with Gasteiger partial charge in [-0.3, -0.25) is 4.98 Å². The van der Waals surface area contributed by atoms with Crippen LogP contribution in [0.4, 0.5) is 0 Å². The second kappa shape index (κ2) is 4.57. The lowest BCUT2D eigenvalue weighted by Crippen LogP contribution is -1.98. The average molecular weight is 295 g/mol. The summed E-state index contributed by atoms with van der Waals surface area (Å²) in [5.41, 5.74) is 3.33. The number of aromatic nitrogens is 3. The first-order valence-electron chi connectivity index (χ1n) is 6.80. The van der Waals surface area contributed by atoms with E-state index in [1.54, 1.807) is 6.20 Å². The number of fused-ring (bicyclic) bond motifs is 1. The Morgan fingerprint density at radius 2 is 2.10 bits per heavy atom. The Balaban J connectivity index is 1.97. The maximum absolute atomic E-state index is 9.03. The minimum Gasteiger partial charge on any atom is -0.320 e. The molecule has 3 aromatic rings. The van der Waals surface area contributed by atoms with Crippen LogP contribution in [0.2, 0.25) is 5.02 Å². The smallest absolute Gasteiger partial charge is 0.160 e. The molecule has 4 rings (SSSR count). The molecule has 0 unspecified atom stereocenters. The van der Waals surface area contributed by atoms with Crippen molar-refractivity contribution in [2.45, 2.75) is 18.9 Å². The molecule has 1 aliphatic carbocycles. The molecule has 0 radical (unpaired) electrons. The molecule has 1 aliphatic rings. The van der Waals surface area contributed by atoms with E-state index >= 15 is 0 Å². The van der Waals surface area contributed by atoms with Crippen molar-refractivity contribution in [2.24, 2.45) is 0 Å². The van der Waals surface area contributed by atoms with Gasteiger partial charge in [0.05, 0.1) is 27.7 Å². The van der Waals surface area contributed by atoms with Gasteiger partial charge in [0.15, 0.2) is 5.82 Å². The number of halogens is 1. The third-order valence-electron chi connectivity index (χ3n) is 3.69. The summed E-state index contributed by atoms with van der Waals surface area (Å²) >= 11 is 5.91. The summed E-state index contributed by atoms with van der Waals surface area (Å²) in [5, 5.41) is 9.64. The third-order valence-corrected chi connectivity index (χ3v) is 3.91. The number of benzene rings is 1. The molecule has 1 aromatic carbocycles. The quantitative estimate of drug-likeness (QED) is 0.719. The van der Waals surface area contributed by atoms with Gasteiger partial charge in [-0.25, -0.2) is 4.98 Å². The maximum atomic E-state index is 9.03. The van der Waals surface area contributed by atoms with E-state index in [2.05, 4.69) is 20.6 Å². The van der Waals surface area contributed by atoms with Crippen molar-refractivity contribution in [3.63, 3.8) is 0 Å². The molecule has 0 amide bonds. The Hall–Kier alpha value is -2.38. The Labute approximate surface area is 126 Å². The summed E-state index contributed by atoms with van der Waals surface area (Å²) < 4.78 is 2.23. The van der Waals surface area contributed by atoms with Crippen molar-refractivity contribution in [2.75, 3.05) is 0 Å². The molecule has 0 N–H and O–H groups in total. The Morgan fingerprint density at radius 1 is 1.24 bits per heavy atom. The molecule has 1 saturated carbocycles. The fourth-order valence-corrected chi connectivity index (χ4v) is 2.67. The van der Waals surface area contributed by atoms with Crippen LogP contribution in [0.1, 0.15) is 24.4 Å². The number of nitrogens with zero attached hydrogens (tertiary/aromatic N) is 4. The van der Waals surface area contributed by atoms with Gasteiger partial charge in [0.1, 0.15) is 5.69 Å². The van der Waals surface area contributed by atoms with Gasteiger partial charge < -0.3 is 4.57 Å². The molecule has 0 aliphatic heterocycles. The van der Waals surface area contributed by atoms with Gasteiger partial charge in [0.25, 0.3) is 0 Å². The van der Waals surface area contributed by atoms with Crippen molar-refractivity contribution < 1.29 is 0 Å². The zero-order valence-corrected chi connectivity index (χ0v) is 11.9. The first-order chi connectivity index (χ1) is 10.3. The van der Waals surface area contributed by atoms with Crippen LogP contribution in [0.3, 0.4) is 0 Å². The fraction of sp³-hybridized carbons (Fsp3) is 0.188. The van der Waals surface area contributed by atoms with Crippen LogP contribution in [0.15, 0.2) is 36.5 Å². The average Bonchev–Trinajstić information content (AvgIpc) is 3.27. The summed E-state index contributed by atoms with van der Waals surface area (Å²) in [6.07, 6.45) is 3.95. The number of imidazole rings is 1. The summed E-state index contributed by atoms with van der Waals surface area (Å²) in [7, 11) is 0. The molecule has 0 atom stereocenters. The van der Waals surface area contributed by atoms with Crippen molar-refractivity contribution in [1.82, 2.24) is 14.5 Å². The van der Waals surface area contributed by atoms with E-state index in [0.717, 1.165) is 35.4 Å². The van der Waals surface area contributed by atoms with E-state index in [9.17, 15) is 0 Å². The highest BCUT2D eigenvalue weighted by Gasteiger charge is 2.29. The molecule has 21 heavy (non-hydrogen) atoms. The summed E-state index contributed by atoms with van der Waals surface area (Å²) in [6, 6.07) is 12.0. The lowest BCUT2D eigenvalue weighted by Gasteiger charge is -2.06. The van der Waals surface area contributed by atoms with Crippen LogP contribution in [0.25, 0.3) is 22.6 Å². The SMILES string of the molecule is N#Cc1ccc2c(c1)nc(-c1ccc(Cl)cn1)n2C1CC1. The van der Waals surface area contributed by atoms with Crippen LogP contribution in [-0.4, -0.2) is 14.5 Å². The maximum Gasteiger partial charge on any atom is 0.160 e. The first-order valence-corrected chi connectivity index (χ1v) is 7.18. The monoisotopic (exact) mass is 294 g/mol. The number of rotatable bonds is 2. The van der Waals surface area contributed by atoms with Crippen LogP contribution >= 0.6 is 11.6 Å². The highest BCUT2D eigenvalue weighted by molar-refractivity contribution is 6.30. The van der Waals surface area contributed by atoms with Crippen molar-refractivity contribution in [1.29, 1.82) is 5.26 Å². The molecule has 4 nitrogen and oxygen atoms in total. The first kappa shape index (κ1) is 12.4. The predicted octanol–water partition coefficient (Wildman–Crippen LogP) is 3.96. The van der Waals surface area contributed by atoms with E-state index in [4.69, 9.17) is 16.9 Å². The van der Waals surface area contributed by atoms with Crippen molar-refractivity contribution in [3.05, 3.63) is 47.1 Å².